The Kier molecular flexibility index (Phi) is 7.28. The lowest BCUT2D eigenvalue weighted by Gasteiger charge is -2.38. The summed E-state index contributed by atoms with van der Waals surface area (Å²) in [6.07, 6.45) is 8.70. The number of hydrogen-bond donors (Lipinski definition) is 2. The summed E-state index contributed by atoms with van der Waals surface area (Å²) in [4.78, 5) is 15.2. The molecular weight excluding hydrogens is 442 g/mol. The molecule has 2 aliphatic rings. The lowest BCUT2D eigenvalue weighted by Crippen LogP contribution is -2.43. The fraction of sp³-hybridized carbons (Fsp3) is 0.444. The van der Waals surface area contributed by atoms with E-state index in [0.717, 1.165) is 18.9 Å². The molecule has 0 unspecified atom stereocenters. The first-order valence-corrected chi connectivity index (χ1v) is 12.6. The van der Waals surface area contributed by atoms with Gasteiger partial charge in [0, 0.05) is 29.4 Å². The number of amides is 1. The number of nitrogens with one attached hydrogen (secondary N) is 2. The largest absolute Gasteiger partial charge is 0.496 e. The van der Waals surface area contributed by atoms with E-state index in [9.17, 15) is 4.79 Å². The normalized spacial score (nSPS) is 20.8. The van der Waals surface area contributed by atoms with E-state index < -0.39 is 0 Å². The average molecular weight is 476 g/mol. The summed E-state index contributed by atoms with van der Waals surface area (Å²) in [5.41, 5.74) is 1.90. The summed E-state index contributed by atoms with van der Waals surface area (Å²) in [7, 11) is 1.58. The van der Waals surface area contributed by atoms with Crippen molar-refractivity contribution in [3.8, 4) is 17.2 Å². The van der Waals surface area contributed by atoms with Crippen molar-refractivity contribution in [3.05, 3.63) is 54.1 Å². The maximum Gasteiger partial charge on any atom is 0.315 e. The number of rotatable bonds is 7. The number of aromatic nitrogens is 2. The molecule has 1 saturated carbocycles. The highest BCUT2D eigenvalue weighted by molar-refractivity contribution is 6.04. The van der Waals surface area contributed by atoms with E-state index in [4.69, 9.17) is 9.15 Å². The van der Waals surface area contributed by atoms with E-state index in [1.807, 2.05) is 24.3 Å². The predicted octanol–water partition coefficient (Wildman–Crippen LogP) is 5.21. The van der Waals surface area contributed by atoms with Crippen molar-refractivity contribution in [1.29, 1.82) is 0 Å². The minimum Gasteiger partial charge on any atom is -0.496 e. The van der Waals surface area contributed by atoms with Gasteiger partial charge in [-0.15, -0.1) is 5.10 Å². The number of benzene rings is 2. The van der Waals surface area contributed by atoms with E-state index in [1.54, 1.807) is 31.4 Å². The molecule has 2 N–H and O–H groups in total. The third-order valence-electron chi connectivity index (χ3n) is 7.08. The monoisotopic (exact) mass is 475 g/mol. The summed E-state index contributed by atoms with van der Waals surface area (Å²) in [6, 6.07) is 16.0. The minimum atomic E-state index is -0.181. The van der Waals surface area contributed by atoms with Crippen LogP contribution in [0.1, 0.15) is 55.3 Å². The minimum absolute atomic E-state index is 0.181. The lowest BCUT2D eigenvalue weighted by molar-refractivity contribution is 0.102. The number of carbonyl (C=O) groups is 1. The second kappa shape index (κ2) is 10.9. The van der Waals surface area contributed by atoms with Gasteiger partial charge in [-0.25, -0.2) is 0 Å². The maximum atomic E-state index is 12.5. The zero-order chi connectivity index (χ0) is 24.0. The maximum absolute atomic E-state index is 12.5. The highest BCUT2D eigenvalue weighted by Gasteiger charge is 2.27. The number of ether oxygens (including phenoxy) is 1. The molecule has 2 heterocycles. The Bertz CT molecular complexity index is 1120. The highest BCUT2D eigenvalue weighted by atomic mass is 16.5. The highest BCUT2D eigenvalue weighted by Crippen LogP contribution is 2.33. The number of piperidine rings is 1. The van der Waals surface area contributed by atoms with Gasteiger partial charge in [-0.2, -0.15) is 0 Å². The van der Waals surface area contributed by atoms with Gasteiger partial charge >= 0.3 is 6.01 Å². The molecule has 2 aromatic carbocycles. The van der Waals surface area contributed by atoms with Gasteiger partial charge in [0.15, 0.2) is 0 Å². The van der Waals surface area contributed by atoms with Crippen LogP contribution in [0.5, 0.6) is 5.75 Å². The first-order chi connectivity index (χ1) is 17.2. The number of carbonyl (C=O) groups excluding carboxylic acids is 1. The molecule has 2 fully saturated rings. The van der Waals surface area contributed by atoms with Gasteiger partial charge in [0.25, 0.3) is 11.8 Å². The van der Waals surface area contributed by atoms with E-state index in [1.165, 1.54) is 45.2 Å². The standard InChI is InChI=1S/C27H33N5O3/c1-34-24-18-21(28-25(33)19-8-4-2-5-9-19)12-15-23(24)26-30-31-27(35-26)29-20-10-13-22(14-11-20)32-16-6-3-7-17-32/h2,4-5,8-9,12,15,18,20,22H,3,6-7,10-11,13-14,16-17H2,1H3,(H,28,33)(H,29,31). The van der Waals surface area contributed by atoms with Crippen LogP contribution in [0.3, 0.4) is 0 Å². The van der Waals surface area contributed by atoms with Crippen molar-refractivity contribution >= 4 is 17.6 Å². The van der Waals surface area contributed by atoms with Crippen LogP contribution >= 0.6 is 0 Å². The Morgan fingerprint density at radius 2 is 1.77 bits per heavy atom. The van der Waals surface area contributed by atoms with Gasteiger partial charge in [-0.3, -0.25) is 4.79 Å². The van der Waals surface area contributed by atoms with Gasteiger partial charge in [0.2, 0.25) is 0 Å². The van der Waals surface area contributed by atoms with E-state index >= 15 is 0 Å². The Hall–Kier alpha value is -3.39. The molecule has 5 rings (SSSR count). The summed E-state index contributed by atoms with van der Waals surface area (Å²) in [5.74, 6) is 0.750. The Labute approximate surface area is 206 Å². The molecule has 8 nitrogen and oxygen atoms in total. The molecule has 0 radical (unpaired) electrons. The van der Waals surface area contributed by atoms with Crippen LogP contribution in [0.4, 0.5) is 11.7 Å². The fourth-order valence-corrected chi connectivity index (χ4v) is 5.17. The molecule has 8 heteroatoms. The molecule has 1 aliphatic carbocycles. The second-order valence-electron chi connectivity index (χ2n) is 9.39. The molecule has 0 atom stereocenters. The first-order valence-electron chi connectivity index (χ1n) is 12.6. The topological polar surface area (TPSA) is 92.5 Å². The first kappa shape index (κ1) is 23.4. The van der Waals surface area contributed by atoms with E-state index in [0.29, 0.717) is 40.5 Å². The SMILES string of the molecule is COc1cc(NC(=O)c2ccccc2)ccc1-c1nnc(NC2CCC(N3CCCCC3)CC2)o1. The molecule has 1 aromatic heterocycles. The van der Waals surface area contributed by atoms with Gasteiger partial charge < -0.3 is 24.7 Å². The van der Waals surface area contributed by atoms with Crippen LogP contribution in [0.2, 0.25) is 0 Å². The van der Waals surface area contributed by atoms with Crippen molar-refractivity contribution in [2.24, 2.45) is 0 Å². The van der Waals surface area contributed by atoms with Crippen LogP contribution in [-0.4, -0.2) is 53.3 Å². The number of likely N-dealkylation sites (tertiary alicyclic amines) is 1. The quantitative estimate of drug-likeness (QED) is 0.485. The molecule has 1 aliphatic heterocycles. The zero-order valence-corrected chi connectivity index (χ0v) is 20.2. The van der Waals surface area contributed by atoms with Crippen molar-refractivity contribution in [2.45, 2.75) is 57.0 Å². The van der Waals surface area contributed by atoms with Gasteiger partial charge in [-0.05, 0) is 75.9 Å². The summed E-state index contributed by atoms with van der Waals surface area (Å²) in [5, 5.41) is 14.8. The number of nitrogens with zero attached hydrogens (tertiary/aromatic N) is 3. The lowest BCUT2D eigenvalue weighted by atomic mass is 9.89. The molecule has 0 spiro atoms. The second-order valence-corrected chi connectivity index (χ2v) is 9.39. The summed E-state index contributed by atoms with van der Waals surface area (Å²) in [6.45, 7) is 2.51. The fourth-order valence-electron chi connectivity index (χ4n) is 5.17. The van der Waals surface area contributed by atoms with Gasteiger partial charge in [0.1, 0.15) is 5.75 Å². The predicted molar refractivity (Wildman–Crippen MR) is 136 cm³/mol. The molecule has 0 bridgehead atoms. The molecule has 1 amide bonds. The van der Waals surface area contributed by atoms with Crippen molar-refractivity contribution in [1.82, 2.24) is 15.1 Å². The van der Waals surface area contributed by atoms with Crippen LogP contribution in [0, 0.1) is 0 Å². The average Bonchev–Trinajstić information content (AvgIpc) is 3.38. The van der Waals surface area contributed by atoms with Crippen molar-refractivity contribution in [3.63, 3.8) is 0 Å². The molecule has 35 heavy (non-hydrogen) atoms. The van der Waals surface area contributed by atoms with Crippen LogP contribution in [0.25, 0.3) is 11.5 Å². The van der Waals surface area contributed by atoms with E-state index in [2.05, 4.69) is 25.7 Å². The van der Waals surface area contributed by atoms with Crippen molar-refractivity contribution < 1.29 is 13.9 Å². The molecule has 3 aromatic rings. The summed E-state index contributed by atoms with van der Waals surface area (Å²) >= 11 is 0. The number of hydrogen-bond acceptors (Lipinski definition) is 7. The van der Waals surface area contributed by atoms with E-state index in [-0.39, 0.29) is 5.91 Å². The molecule has 184 valence electrons. The third kappa shape index (κ3) is 5.65. The van der Waals surface area contributed by atoms with Gasteiger partial charge in [0.05, 0.1) is 12.7 Å². The third-order valence-corrected chi connectivity index (χ3v) is 7.08. The van der Waals surface area contributed by atoms with Crippen LogP contribution in [-0.2, 0) is 0 Å². The Balaban J connectivity index is 1.20. The number of anilines is 2. The van der Waals surface area contributed by atoms with Gasteiger partial charge in [-0.1, -0.05) is 29.7 Å². The van der Waals surface area contributed by atoms with Crippen molar-refractivity contribution in [2.75, 3.05) is 30.8 Å². The Morgan fingerprint density at radius 1 is 1.00 bits per heavy atom. The van der Waals surface area contributed by atoms with Crippen LogP contribution < -0.4 is 15.4 Å². The van der Waals surface area contributed by atoms with Crippen LogP contribution in [0.15, 0.2) is 52.9 Å². The Morgan fingerprint density at radius 3 is 2.51 bits per heavy atom. The number of methoxy groups -OCH3 is 1. The molecular formula is C27H33N5O3. The smallest absolute Gasteiger partial charge is 0.315 e. The molecule has 1 saturated heterocycles. The summed E-state index contributed by atoms with van der Waals surface area (Å²) < 4.78 is 11.5. The zero-order valence-electron chi connectivity index (χ0n) is 20.2.